The molecule has 0 heterocycles. The van der Waals surface area contributed by atoms with E-state index in [0.29, 0.717) is 0 Å². The zero-order chi connectivity index (χ0) is 12.1. The first kappa shape index (κ1) is 12.8. The van der Waals surface area contributed by atoms with Gasteiger partial charge in [-0.3, -0.25) is 9.00 Å². The van der Waals surface area contributed by atoms with E-state index >= 15 is 0 Å². The first-order chi connectivity index (χ1) is 7.54. The van der Waals surface area contributed by atoms with Crippen LogP contribution >= 0.6 is 0 Å². The van der Waals surface area contributed by atoms with Crippen LogP contribution in [-0.4, -0.2) is 23.0 Å². The van der Waals surface area contributed by atoms with Gasteiger partial charge in [0.05, 0.1) is 24.3 Å². The zero-order valence-corrected chi connectivity index (χ0v) is 9.35. The van der Waals surface area contributed by atoms with E-state index in [9.17, 15) is 17.8 Å². The van der Waals surface area contributed by atoms with Gasteiger partial charge in [-0.1, -0.05) is 0 Å². The molecule has 0 radical (unpaired) electrons. The number of carbonyl (C=O) groups excluding carboxylic acids is 1. The van der Waals surface area contributed by atoms with Crippen LogP contribution in [0.1, 0.15) is 6.42 Å². The summed E-state index contributed by atoms with van der Waals surface area (Å²) >= 11 is 0. The van der Waals surface area contributed by atoms with Crippen molar-refractivity contribution in [1.82, 2.24) is 0 Å². The van der Waals surface area contributed by atoms with Gasteiger partial charge in [0.1, 0.15) is 0 Å². The van der Waals surface area contributed by atoms with E-state index in [2.05, 4.69) is 4.74 Å². The standard InChI is InChI=1S/C10H10F2O3S/c1-15-10(13)4-5-16(14)7-2-3-8(11)9(12)6-7/h2-3,6H,4-5H2,1H3. The Morgan fingerprint density at radius 3 is 2.62 bits per heavy atom. The molecular weight excluding hydrogens is 238 g/mol. The fourth-order valence-corrected chi connectivity index (χ4v) is 2.06. The number of halogens is 2. The second-order valence-corrected chi connectivity index (χ2v) is 4.52. The topological polar surface area (TPSA) is 43.4 Å². The number of hydrogen-bond acceptors (Lipinski definition) is 3. The number of ether oxygens (including phenoxy) is 1. The first-order valence-corrected chi connectivity index (χ1v) is 5.76. The van der Waals surface area contributed by atoms with Crippen molar-refractivity contribution in [2.75, 3.05) is 12.9 Å². The lowest BCUT2D eigenvalue weighted by molar-refractivity contribution is -0.140. The third-order valence-electron chi connectivity index (χ3n) is 1.87. The van der Waals surface area contributed by atoms with Gasteiger partial charge in [-0.15, -0.1) is 0 Å². The molecule has 6 heteroatoms. The van der Waals surface area contributed by atoms with Crippen molar-refractivity contribution in [3.8, 4) is 0 Å². The molecule has 0 aromatic heterocycles. The summed E-state index contributed by atoms with van der Waals surface area (Å²) in [5.41, 5.74) is 0. The SMILES string of the molecule is COC(=O)CCS(=O)c1ccc(F)c(F)c1. The van der Waals surface area contributed by atoms with Crippen molar-refractivity contribution in [3.63, 3.8) is 0 Å². The highest BCUT2D eigenvalue weighted by Crippen LogP contribution is 2.13. The molecule has 1 atom stereocenters. The Morgan fingerprint density at radius 1 is 1.38 bits per heavy atom. The lowest BCUT2D eigenvalue weighted by atomic mass is 10.3. The quantitative estimate of drug-likeness (QED) is 0.761. The molecule has 0 saturated heterocycles. The fourth-order valence-electron chi connectivity index (χ4n) is 1.01. The molecule has 0 bridgehead atoms. The van der Waals surface area contributed by atoms with Gasteiger partial charge in [-0.25, -0.2) is 8.78 Å². The Bertz CT molecular complexity index is 421. The van der Waals surface area contributed by atoms with Gasteiger partial charge >= 0.3 is 5.97 Å². The van der Waals surface area contributed by atoms with E-state index < -0.39 is 28.4 Å². The Labute approximate surface area is 93.9 Å². The lowest BCUT2D eigenvalue weighted by Gasteiger charge is -2.02. The smallest absolute Gasteiger partial charge is 0.306 e. The number of benzene rings is 1. The Morgan fingerprint density at radius 2 is 2.06 bits per heavy atom. The highest BCUT2D eigenvalue weighted by Gasteiger charge is 2.10. The molecule has 0 aliphatic rings. The van der Waals surface area contributed by atoms with Crippen LogP contribution in [0.15, 0.2) is 23.1 Å². The van der Waals surface area contributed by atoms with Crippen molar-refractivity contribution >= 4 is 16.8 Å². The van der Waals surface area contributed by atoms with Crippen LogP contribution in [0.4, 0.5) is 8.78 Å². The van der Waals surface area contributed by atoms with Crippen molar-refractivity contribution < 1.29 is 22.5 Å². The number of hydrogen-bond donors (Lipinski definition) is 0. The predicted molar refractivity (Wildman–Crippen MR) is 54.3 cm³/mol. The van der Waals surface area contributed by atoms with Gasteiger partial charge in [0.15, 0.2) is 11.6 Å². The molecule has 0 saturated carbocycles. The number of esters is 1. The van der Waals surface area contributed by atoms with Crippen LogP contribution in [0.3, 0.4) is 0 Å². The maximum Gasteiger partial charge on any atom is 0.306 e. The Kier molecular flexibility index (Phi) is 4.54. The minimum Gasteiger partial charge on any atom is -0.469 e. The van der Waals surface area contributed by atoms with Crippen LogP contribution in [-0.2, 0) is 20.3 Å². The molecule has 0 amide bonds. The van der Waals surface area contributed by atoms with Crippen molar-refractivity contribution in [2.45, 2.75) is 11.3 Å². The summed E-state index contributed by atoms with van der Waals surface area (Å²) in [6.45, 7) is 0. The fraction of sp³-hybridized carbons (Fsp3) is 0.300. The largest absolute Gasteiger partial charge is 0.469 e. The summed E-state index contributed by atoms with van der Waals surface area (Å²) in [7, 11) is -0.307. The van der Waals surface area contributed by atoms with E-state index in [1.807, 2.05) is 0 Å². The second kappa shape index (κ2) is 5.69. The van der Waals surface area contributed by atoms with Gasteiger partial charge in [0.25, 0.3) is 0 Å². The number of carbonyl (C=O) groups is 1. The van der Waals surface area contributed by atoms with Gasteiger partial charge in [0.2, 0.25) is 0 Å². The average molecular weight is 248 g/mol. The molecule has 1 aromatic carbocycles. The van der Waals surface area contributed by atoms with Crippen molar-refractivity contribution in [1.29, 1.82) is 0 Å². The summed E-state index contributed by atoms with van der Waals surface area (Å²) in [6.07, 6.45) is -0.0257. The molecule has 16 heavy (non-hydrogen) atoms. The molecule has 0 fully saturated rings. The maximum atomic E-state index is 12.8. The predicted octanol–water partition coefficient (Wildman–Crippen LogP) is 1.64. The first-order valence-electron chi connectivity index (χ1n) is 4.45. The second-order valence-electron chi connectivity index (χ2n) is 2.95. The van der Waals surface area contributed by atoms with Crippen LogP contribution in [0.5, 0.6) is 0 Å². The highest BCUT2D eigenvalue weighted by molar-refractivity contribution is 7.85. The number of rotatable bonds is 4. The molecule has 0 aliphatic carbocycles. The van der Waals surface area contributed by atoms with E-state index in [1.165, 1.54) is 13.2 Å². The third-order valence-corrected chi connectivity index (χ3v) is 3.23. The molecule has 1 aromatic rings. The minimum atomic E-state index is -1.53. The van der Waals surface area contributed by atoms with Crippen molar-refractivity contribution in [3.05, 3.63) is 29.8 Å². The van der Waals surface area contributed by atoms with E-state index in [-0.39, 0.29) is 17.1 Å². The summed E-state index contributed by atoms with van der Waals surface area (Å²) in [4.78, 5) is 10.9. The Balaban J connectivity index is 2.66. The summed E-state index contributed by atoms with van der Waals surface area (Å²) in [6, 6.07) is 3.00. The molecule has 0 N–H and O–H groups in total. The minimum absolute atomic E-state index is 0.0255. The molecule has 3 nitrogen and oxygen atoms in total. The van der Waals surface area contributed by atoms with E-state index in [1.54, 1.807) is 0 Å². The van der Waals surface area contributed by atoms with E-state index in [0.717, 1.165) is 12.1 Å². The maximum absolute atomic E-state index is 12.8. The molecule has 0 spiro atoms. The molecular formula is C10H10F2O3S. The molecule has 88 valence electrons. The summed E-state index contributed by atoms with van der Waals surface area (Å²) in [5, 5.41) is 0. The van der Waals surface area contributed by atoms with Crippen molar-refractivity contribution in [2.24, 2.45) is 0 Å². The monoisotopic (exact) mass is 248 g/mol. The highest BCUT2D eigenvalue weighted by atomic mass is 32.2. The number of methoxy groups -OCH3 is 1. The van der Waals surface area contributed by atoms with Crippen LogP contribution < -0.4 is 0 Å². The lowest BCUT2D eigenvalue weighted by Crippen LogP contribution is -2.07. The zero-order valence-electron chi connectivity index (χ0n) is 8.54. The molecule has 1 rings (SSSR count). The molecule has 1 unspecified atom stereocenters. The van der Waals surface area contributed by atoms with Gasteiger partial charge in [-0.2, -0.15) is 0 Å². The van der Waals surface area contributed by atoms with Crippen LogP contribution in [0, 0.1) is 11.6 Å². The van der Waals surface area contributed by atoms with E-state index in [4.69, 9.17) is 0 Å². The Hall–Kier alpha value is -1.30. The van der Waals surface area contributed by atoms with Gasteiger partial charge in [-0.05, 0) is 18.2 Å². The normalized spacial score (nSPS) is 12.2. The summed E-state index contributed by atoms with van der Waals surface area (Å²) < 4.78 is 41.3. The third kappa shape index (κ3) is 3.37. The summed E-state index contributed by atoms with van der Waals surface area (Å²) in [5.74, 6) is -2.51. The van der Waals surface area contributed by atoms with Crippen LogP contribution in [0.25, 0.3) is 0 Å². The van der Waals surface area contributed by atoms with Crippen LogP contribution in [0.2, 0.25) is 0 Å². The van der Waals surface area contributed by atoms with Gasteiger partial charge < -0.3 is 4.74 Å². The van der Waals surface area contributed by atoms with Gasteiger partial charge in [0, 0.05) is 10.6 Å². The average Bonchev–Trinajstić information content (AvgIpc) is 2.29. The molecule has 0 aliphatic heterocycles.